The van der Waals surface area contributed by atoms with Crippen LogP contribution in [0.3, 0.4) is 0 Å². The van der Waals surface area contributed by atoms with Crippen LogP contribution < -0.4 is 56.7 Å². The van der Waals surface area contributed by atoms with Gasteiger partial charge in [0.2, 0.25) is 27.2 Å². The number of aryl methyl sites for hydroxylation is 2. The molecule has 0 unspecified atom stereocenters. The minimum atomic E-state index is -5.27. The average molecular weight is 1230 g/mol. The molecule has 0 bridgehead atoms. The number of fused-ring (bicyclic) bond motifs is 6. The first-order valence-corrected chi connectivity index (χ1v) is 36.1. The number of thioether (sulfide) groups is 2. The van der Waals surface area contributed by atoms with Gasteiger partial charge >= 0.3 is 12.1 Å². The first-order chi connectivity index (χ1) is 40.7. The maximum atomic E-state index is 15.1. The van der Waals surface area contributed by atoms with E-state index in [0.29, 0.717) is 92.0 Å². The molecule has 4 fully saturated rings. The summed E-state index contributed by atoms with van der Waals surface area (Å²) < 4.78 is 82.7. The molecular weight excluding hydrogens is 1150 g/mol. The highest BCUT2D eigenvalue weighted by molar-refractivity contribution is 8.00. The Balaban J connectivity index is 0.744. The summed E-state index contributed by atoms with van der Waals surface area (Å²) >= 11 is 3.73. The van der Waals surface area contributed by atoms with Gasteiger partial charge in [0.05, 0.1) is 39.5 Å². The molecule has 6 atom stereocenters. The number of anilines is 1. The number of hydrogen-bond donors (Lipinski definition) is 6. The zero-order valence-corrected chi connectivity index (χ0v) is 51.3. The van der Waals surface area contributed by atoms with Gasteiger partial charge in [-0.15, -0.1) is 0 Å². The van der Waals surface area contributed by atoms with Crippen molar-refractivity contribution < 1.29 is 45.3 Å². The van der Waals surface area contributed by atoms with E-state index in [1.54, 1.807) is 0 Å². The molecule has 19 nitrogen and oxygen atoms in total. The number of nitrogens with one attached hydrogen (secondary N) is 6. The Morgan fingerprint density at radius 2 is 1.26 bits per heavy atom. The minimum absolute atomic E-state index is 0.0291. The summed E-state index contributed by atoms with van der Waals surface area (Å²) in [6.07, 6.45) is 16.6. The van der Waals surface area contributed by atoms with Crippen LogP contribution in [0.1, 0.15) is 149 Å². The van der Waals surface area contributed by atoms with Gasteiger partial charge < -0.3 is 46.1 Å². The molecule has 84 heavy (non-hydrogen) atoms. The number of hydrogen-bond acceptors (Lipinski definition) is 13. The third-order valence-corrected chi connectivity index (χ3v) is 24.6. The second kappa shape index (κ2) is 25.7. The Bertz CT molecular complexity index is 3360. The van der Waals surface area contributed by atoms with Gasteiger partial charge in [-0.2, -0.15) is 27.8 Å². The number of benzene rings is 3. The van der Waals surface area contributed by atoms with E-state index in [9.17, 15) is 32.1 Å². The van der Waals surface area contributed by atoms with Crippen LogP contribution in [-0.2, 0) is 55.4 Å². The summed E-state index contributed by atoms with van der Waals surface area (Å²) in [6.45, 7) is 4.99. The first kappa shape index (κ1) is 59.3. The maximum Gasteiger partial charge on any atom is 0.315 e. The van der Waals surface area contributed by atoms with Crippen molar-refractivity contribution in [2.24, 2.45) is 0 Å². The highest BCUT2D eigenvalue weighted by Crippen LogP contribution is 2.49. The maximum absolute atomic E-state index is 15.1. The molecule has 0 spiro atoms. The largest absolute Gasteiger partial charge is 0.744 e. The lowest BCUT2D eigenvalue weighted by atomic mass is 9.82. The van der Waals surface area contributed by atoms with Crippen molar-refractivity contribution in [2.45, 2.75) is 186 Å². The summed E-state index contributed by atoms with van der Waals surface area (Å²) in [5.41, 5.74) is 7.23. The lowest BCUT2D eigenvalue weighted by molar-refractivity contribution is -0.122. The van der Waals surface area contributed by atoms with Crippen molar-refractivity contribution in [3.8, 4) is 11.5 Å². The summed E-state index contributed by atoms with van der Waals surface area (Å²) in [5.74, 6) is 3.13. The van der Waals surface area contributed by atoms with Gasteiger partial charge in [0.25, 0.3) is 0 Å². The number of ether oxygens (including phenoxy) is 1. The van der Waals surface area contributed by atoms with Gasteiger partial charge in [-0.1, -0.05) is 31.7 Å². The third-order valence-electron chi connectivity index (χ3n) is 18.8. The van der Waals surface area contributed by atoms with Gasteiger partial charge in [0.15, 0.2) is 0 Å². The molecule has 454 valence electrons. The molecular formula is C61H81N9O10S4. The molecule has 9 aliphatic rings. The number of rotatable bonds is 26. The van der Waals surface area contributed by atoms with E-state index in [1.165, 1.54) is 38.6 Å². The molecule has 12 rings (SSSR count). The zero-order chi connectivity index (χ0) is 58.1. The van der Waals surface area contributed by atoms with Crippen LogP contribution in [0.5, 0.6) is 11.5 Å². The van der Waals surface area contributed by atoms with Gasteiger partial charge in [0.1, 0.15) is 34.7 Å². The molecule has 6 N–H and O–H groups in total. The van der Waals surface area contributed by atoms with E-state index in [0.717, 1.165) is 156 Å². The first-order valence-electron chi connectivity index (χ1n) is 31.1. The van der Waals surface area contributed by atoms with Crippen LogP contribution in [0.4, 0.5) is 15.3 Å². The van der Waals surface area contributed by atoms with Gasteiger partial charge in [-0.05, 0) is 120 Å². The predicted octanol–water partition coefficient (Wildman–Crippen LogP) is 5.04. The Kier molecular flexibility index (Phi) is 18.1. The number of carbonyl (C=O) groups excluding carboxylic acids is 4. The van der Waals surface area contributed by atoms with Crippen molar-refractivity contribution in [1.82, 2.24) is 40.8 Å². The molecule has 6 amide bonds. The Morgan fingerprint density at radius 3 is 1.89 bits per heavy atom. The molecule has 3 aromatic rings. The number of unbranched alkanes of at least 4 members (excludes halogenated alkanes) is 6. The van der Waals surface area contributed by atoms with Gasteiger partial charge in [-0.25, -0.2) is 31.0 Å². The van der Waals surface area contributed by atoms with Crippen LogP contribution in [0.25, 0.3) is 5.57 Å². The average Bonchev–Trinajstić information content (AvgIpc) is 1.05. The summed E-state index contributed by atoms with van der Waals surface area (Å²) in [7, 11) is -9.64. The number of urea groups is 2. The summed E-state index contributed by atoms with van der Waals surface area (Å²) in [6, 6.07) is 8.77. The minimum Gasteiger partial charge on any atom is -0.744 e. The van der Waals surface area contributed by atoms with Crippen LogP contribution in [0.15, 0.2) is 40.1 Å². The number of amides is 6. The smallest absolute Gasteiger partial charge is 0.315 e. The van der Waals surface area contributed by atoms with E-state index >= 15 is 8.42 Å². The Hall–Kier alpha value is -5.07. The molecule has 0 saturated carbocycles. The Morgan fingerprint density at radius 1 is 0.667 bits per heavy atom. The normalized spacial score (nSPS) is 23.5. The third kappa shape index (κ3) is 12.6. The fourth-order valence-corrected chi connectivity index (χ4v) is 20.2. The fourth-order valence-electron chi connectivity index (χ4n) is 14.7. The SMILES string of the molecule is O=C(CCCC[C@@H]1SC[C@@H]2NC(=O)N[C@@H]21)NCCCCCN(CCCCCNC(=O)CCCC[C@@H]1SC[C@@H]2NC(=O)N[C@@H]21)S(=O)(=O)c1ccc(C2=c3cc4c5c(c3Oc3c2cc2c6c3CCCN6CCC2)CCC[N+]=5CCC4)c(S(=O)(=O)[O-])c1. The monoisotopic (exact) mass is 1230 g/mol. The molecule has 9 aliphatic heterocycles. The number of carbonyl (C=O) groups is 4. The predicted molar refractivity (Wildman–Crippen MR) is 325 cm³/mol. The van der Waals surface area contributed by atoms with E-state index in [1.807, 2.05) is 23.5 Å². The van der Waals surface area contributed by atoms with E-state index < -0.39 is 25.0 Å². The van der Waals surface area contributed by atoms with Crippen LogP contribution >= 0.6 is 23.5 Å². The van der Waals surface area contributed by atoms with Crippen molar-refractivity contribution >= 4 is 78.8 Å². The number of nitrogens with zero attached hydrogens (tertiary/aromatic N) is 3. The van der Waals surface area contributed by atoms with Crippen molar-refractivity contribution in [1.29, 1.82) is 0 Å². The highest BCUT2D eigenvalue weighted by atomic mass is 32.2. The van der Waals surface area contributed by atoms with Gasteiger partial charge in [-0.3, -0.25) is 9.59 Å². The molecule has 0 aliphatic carbocycles. The fraction of sp³-hybridized carbons (Fsp3) is 0.623. The lowest BCUT2D eigenvalue weighted by Crippen LogP contribution is -2.45. The van der Waals surface area contributed by atoms with E-state index in [-0.39, 0.29) is 71.6 Å². The molecule has 0 radical (unpaired) electrons. The topological polar surface area (TPSA) is 251 Å². The molecule has 4 saturated heterocycles. The second-order valence-corrected chi connectivity index (χ2v) is 30.2. The Labute approximate surface area is 502 Å². The van der Waals surface area contributed by atoms with Gasteiger partial charge in [0, 0.05) is 126 Å². The second-order valence-electron chi connectivity index (χ2n) is 24.4. The van der Waals surface area contributed by atoms with Crippen LogP contribution in [0, 0.1) is 0 Å². The van der Waals surface area contributed by atoms with Crippen LogP contribution in [-0.4, -0.2) is 148 Å². The summed E-state index contributed by atoms with van der Waals surface area (Å²) in [4.78, 5) is 50.8. The van der Waals surface area contributed by atoms with Crippen molar-refractivity contribution in [2.75, 3.05) is 68.8 Å². The lowest BCUT2D eigenvalue weighted by Gasteiger charge is -2.39. The van der Waals surface area contributed by atoms with E-state index in [2.05, 4.69) is 53.5 Å². The molecule has 0 aromatic heterocycles. The standard InChI is InChI=1S/C61H81N9O10S4/c71-51(21-5-3-19-48-54-46(36-81-48)64-60(73)66-54)62-25-7-1-9-31-70(32-10-2-8-26-63-52(72)22-6-4-20-49-55-47(37-82-49)65-61(74)67-55)83(75,76)40-23-24-41(50(35-40)84(77,78)79)53-44-33-38-15-11-27-68-29-13-17-42(56(38)68)58(44)80-59-43-18-14-30-69-28-12-16-39(57(43)69)34-45(53)59/h23-24,33-35,46-49,54-55H,1-22,25-32,36-37H2,(H6-,62,63,64,65,66,67,71,72,73,74,77,78,79)/t46-,47-,48-,49-,54-,55-/m0/s1. The van der Waals surface area contributed by atoms with Crippen molar-refractivity contribution in [3.63, 3.8) is 0 Å². The highest BCUT2D eigenvalue weighted by Gasteiger charge is 2.44. The quantitative estimate of drug-likeness (QED) is 0.0209. The molecule has 9 heterocycles. The van der Waals surface area contributed by atoms with Crippen LogP contribution in [0.2, 0.25) is 0 Å². The summed E-state index contributed by atoms with van der Waals surface area (Å²) in [5, 5.41) is 20.7. The zero-order valence-electron chi connectivity index (χ0n) is 48.0. The number of sulfonamides is 1. The molecule has 3 aromatic carbocycles. The van der Waals surface area contributed by atoms with E-state index in [4.69, 9.17) is 4.74 Å². The van der Waals surface area contributed by atoms with Crippen molar-refractivity contribution in [3.05, 3.63) is 74.3 Å². The molecule has 23 heteroatoms.